The van der Waals surface area contributed by atoms with Crippen molar-refractivity contribution in [2.45, 2.75) is 6.92 Å². The molecule has 168 valence electrons. The van der Waals surface area contributed by atoms with Gasteiger partial charge in [-0.3, -0.25) is 14.9 Å². The minimum atomic E-state index is -0.714. The Bertz CT molecular complexity index is 1330. The molecule has 0 unspecified atom stereocenters. The summed E-state index contributed by atoms with van der Waals surface area (Å²) in [6.07, 6.45) is 1.48. The van der Waals surface area contributed by atoms with E-state index < -0.39 is 16.7 Å². The van der Waals surface area contributed by atoms with E-state index in [1.54, 1.807) is 49.6 Å². The second-order valence-corrected chi connectivity index (χ2v) is 7.60. The molecule has 10 nitrogen and oxygen atoms in total. The highest BCUT2D eigenvalue weighted by Crippen LogP contribution is 2.33. The fraction of sp³-hybridized carbons (Fsp3) is 0.136. The molecule has 11 heteroatoms. The number of methoxy groups -OCH3 is 1. The van der Waals surface area contributed by atoms with E-state index in [0.717, 1.165) is 15.8 Å². The number of carbonyl (C=O) groups is 1. The number of fused-ring (bicyclic) bond motifs is 1. The van der Waals surface area contributed by atoms with Crippen LogP contribution >= 0.6 is 11.3 Å². The lowest BCUT2D eigenvalue weighted by atomic mass is 10.2. The predicted octanol–water partition coefficient (Wildman–Crippen LogP) is 4.89. The Morgan fingerprint density at radius 1 is 1.21 bits per heavy atom. The molecule has 2 aromatic heterocycles. The van der Waals surface area contributed by atoms with Crippen LogP contribution in [0.5, 0.6) is 11.5 Å². The summed E-state index contributed by atoms with van der Waals surface area (Å²) in [5.74, 6) is -0.109. The molecular formula is C22H18N4O6S. The number of amides is 1. The van der Waals surface area contributed by atoms with Gasteiger partial charge in [0.2, 0.25) is 10.9 Å². The fourth-order valence-electron chi connectivity index (χ4n) is 2.89. The van der Waals surface area contributed by atoms with Gasteiger partial charge in [0.1, 0.15) is 16.4 Å². The summed E-state index contributed by atoms with van der Waals surface area (Å²) < 4.78 is 16.5. The van der Waals surface area contributed by atoms with E-state index in [2.05, 4.69) is 10.1 Å². The van der Waals surface area contributed by atoms with Crippen molar-refractivity contribution in [2.75, 3.05) is 18.7 Å². The zero-order valence-corrected chi connectivity index (χ0v) is 18.4. The maximum Gasteiger partial charge on any atom is 0.433 e. The van der Waals surface area contributed by atoms with Crippen LogP contribution in [-0.4, -0.2) is 35.7 Å². The summed E-state index contributed by atoms with van der Waals surface area (Å²) >= 11 is 1.22. The van der Waals surface area contributed by atoms with Crippen molar-refractivity contribution < 1.29 is 23.6 Å². The Balaban J connectivity index is 1.71. The lowest BCUT2D eigenvalue weighted by molar-refractivity contribution is -0.402. The molecule has 0 spiro atoms. The van der Waals surface area contributed by atoms with Gasteiger partial charge in [-0.1, -0.05) is 11.3 Å². The van der Waals surface area contributed by atoms with E-state index in [1.165, 1.54) is 23.6 Å². The molecule has 0 radical (unpaired) electrons. The van der Waals surface area contributed by atoms with E-state index in [0.29, 0.717) is 29.2 Å². The third-order valence-corrected chi connectivity index (χ3v) is 5.45. The molecule has 33 heavy (non-hydrogen) atoms. The summed E-state index contributed by atoms with van der Waals surface area (Å²) in [4.78, 5) is 27.9. The van der Waals surface area contributed by atoms with Crippen molar-refractivity contribution in [3.05, 3.63) is 76.0 Å². The predicted molar refractivity (Wildman–Crippen MR) is 124 cm³/mol. The van der Waals surface area contributed by atoms with Crippen LogP contribution in [-0.2, 0) is 0 Å². The van der Waals surface area contributed by atoms with Crippen LogP contribution in [0.15, 0.2) is 64.1 Å². The second kappa shape index (κ2) is 9.49. The second-order valence-electron chi connectivity index (χ2n) is 6.59. The molecule has 4 rings (SSSR count). The zero-order valence-electron chi connectivity index (χ0n) is 17.6. The van der Waals surface area contributed by atoms with E-state index in [4.69, 9.17) is 13.9 Å². The number of benzene rings is 2. The highest BCUT2D eigenvalue weighted by Gasteiger charge is 2.26. The lowest BCUT2D eigenvalue weighted by Crippen LogP contribution is -2.25. The van der Waals surface area contributed by atoms with Crippen molar-refractivity contribution in [2.24, 2.45) is 5.10 Å². The van der Waals surface area contributed by atoms with Crippen molar-refractivity contribution in [1.82, 2.24) is 4.98 Å². The normalized spacial score (nSPS) is 11.1. The zero-order chi connectivity index (χ0) is 23.4. The Morgan fingerprint density at radius 2 is 1.97 bits per heavy atom. The Labute approximate surface area is 191 Å². The summed E-state index contributed by atoms with van der Waals surface area (Å²) in [5, 5.41) is 16.6. The van der Waals surface area contributed by atoms with Crippen molar-refractivity contribution in [1.29, 1.82) is 0 Å². The minimum absolute atomic E-state index is 0.234. The van der Waals surface area contributed by atoms with Gasteiger partial charge in [0.25, 0.3) is 0 Å². The summed E-state index contributed by atoms with van der Waals surface area (Å²) in [5.41, 5.74) is 1.36. The van der Waals surface area contributed by atoms with Crippen LogP contribution in [0.25, 0.3) is 10.2 Å². The van der Waals surface area contributed by atoms with E-state index in [9.17, 15) is 14.9 Å². The number of nitro groups is 1. The van der Waals surface area contributed by atoms with Gasteiger partial charge in [-0.15, -0.1) is 0 Å². The average molecular weight is 466 g/mol. The van der Waals surface area contributed by atoms with Gasteiger partial charge in [0, 0.05) is 0 Å². The number of ether oxygens (including phenoxy) is 2. The fourth-order valence-corrected chi connectivity index (χ4v) is 3.84. The third kappa shape index (κ3) is 4.83. The number of nitrogens with zero attached hydrogens (tertiary/aromatic N) is 4. The van der Waals surface area contributed by atoms with Crippen LogP contribution in [0.2, 0.25) is 0 Å². The van der Waals surface area contributed by atoms with Gasteiger partial charge < -0.3 is 13.9 Å². The molecule has 0 fully saturated rings. The third-order valence-electron chi connectivity index (χ3n) is 4.45. The van der Waals surface area contributed by atoms with E-state index >= 15 is 0 Å². The van der Waals surface area contributed by atoms with Gasteiger partial charge in [0.05, 0.1) is 36.2 Å². The number of hydrogen-bond donors (Lipinski definition) is 0. The Morgan fingerprint density at radius 3 is 2.64 bits per heavy atom. The molecule has 0 bridgehead atoms. The average Bonchev–Trinajstić information content (AvgIpc) is 3.47. The van der Waals surface area contributed by atoms with Crippen molar-refractivity contribution >= 4 is 44.7 Å². The number of carbonyl (C=O) groups excluding carboxylic acids is 1. The first-order chi connectivity index (χ1) is 16.0. The molecule has 0 atom stereocenters. The first kappa shape index (κ1) is 22.0. The van der Waals surface area contributed by atoms with Crippen LogP contribution in [0.1, 0.15) is 23.0 Å². The molecule has 0 saturated heterocycles. The minimum Gasteiger partial charge on any atom is -0.497 e. The quantitative estimate of drug-likeness (QED) is 0.206. The monoisotopic (exact) mass is 466 g/mol. The summed E-state index contributed by atoms with van der Waals surface area (Å²) in [6.45, 7) is 2.44. The van der Waals surface area contributed by atoms with E-state index in [1.807, 2.05) is 6.92 Å². The first-order valence-electron chi connectivity index (χ1n) is 9.78. The lowest BCUT2D eigenvalue weighted by Gasteiger charge is -2.11. The highest BCUT2D eigenvalue weighted by atomic mass is 32.1. The molecule has 1 amide bonds. The number of hydrazone groups is 1. The van der Waals surface area contributed by atoms with Gasteiger partial charge in [-0.25, -0.2) is 4.98 Å². The maximum absolute atomic E-state index is 13.2. The van der Waals surface area contributed by atoms with Gasteiger partial charge in [-0.2, -0.15) is 10.1 Å². The number of anilines is 1. The Kier molecular flexibility index (Phi) is 6.31. The molecule has 2 heterocycles. The van der Waals surface area contributed by atoms with Crippen molar-refractivity contribution in [3.8, 4) is 11.5 Å². The molecule has 0 aliphatic rings. The summed E-state index contributed by atoms with van der Waals surface area (Å²) in [6, 6.07) is 14.8. The molecule has 0 saturated carbocycles. The number of aromatic nitrogens is 1. The molecular weight excluding hydrogens is 448 g/mol. The maximum atomic E-state index is 13.2. The van der Waals surface area contributed by atoms with Gasteiger partial charge in [0.15, 0.2) is 0 Å². The number of furan rings is 1. The molecule has 0 aliphatic heterocycles. The topological polar surface area (TPSA) is 120 Å². The SMILES string of the molecule is CCOc1ccc(/C=N/N(C(=O)c2ccc([N+](=O)[O-])o2)c2nc3ccc(OC)cc3s2)cc1. The summed E-state index contributed by atoms with van der Waals surface area (Å²) in [7, 11) is 1.56. The van der Waals surface area contributed by atoms with Crippen LogP contribution in [0.3, 0.4) is 0 Å². The van der Waals surface area contributed by atoms with Gasteiger partial charge >= 0.3 is 11.8 Å². The molecule has 0 aliphatic carbocycles. The molecule has 2 aromatic carbocycles. The standard InChI is InChI=1S/C22H18N4O6S/c1-3-31-15-6-4-14(5-7-15)13-23-25(21(27)18-10-11-20(32-18)26(28)29)22-24-17-9-8-16(30-2)12-19(17)33-22/h4-13H,3H2,1-2H3/b23-13+. The van der Waals surface area contributed by atoms with Crippen LogP contribution < -0.4 is 14.5 Å². The largest absolute Gasteiger partial charge is 0.497 e. The van der Waals surface area contributed by atoms with Crippen LogP contribution in [0, 0.1) is 10.1 Å². The van der Waals surface area contributed by atoms with Crippen molar-refractivity contribution in [3.63, 3.8) is 0 Å². The van der Waals surface area contributed by atoms with Gasteiger partial charge in [-0.05, 0) is 61.0 Å². The molecule has 4 aromatic rings. The highest BCUT2D eigenvalue weighted by molar-refractivity contribution is 7.22. The van der Waals surface area contributed by atoms with Crippen LogP contribution in [0.4, 0.5) is 11.0 Å². The Hall–Kier alpha value is -4.25. The smallest absolute Gasteiger partial charge is 0.433 e. The molecule has 0 N–H and O–H groups in total. The van der Waals surface area contributed by atoms with E-state index in [-0.39, 0.29) is 10.9 Å². The number of rotatable bonds is 8. The number of thiazole rings is 1. The first-order valence-corrected chi connectivity index (χ1v) is 10.6. The number of hydrogen-bond acceptors (Lipinski definition) is 9.